The third kappa shape index (κ3) is 3.21. The lowest BCUT2D eigenvalue weighted by Gasteiger charge is -2.41. The van der Waals surface area contributed by atoms with Gasteiger partial charge in [0.1, 0.15) is 6.29 Å². The second-order valence-electron chi connectivity index (χ2n) is 4.74. The van der Waals surface area contributed by atoms with Crippen LogP contribution in [-0.4, -0.2) is 53.8 Å². The van der Waals surface area contributed by atoms with Crippen molar-refractivity contribution in [1.82, 2.24) is 0 Å². The molecule has 0 aliphatic carbocycles. The minimum absolute atomic E-state index is 0.922. The molecule has 0 bridgehead atoms. The van der Waals surface area contributed by atoms with E-state index in [4.69, 9.17) is 0 Å². The van der Waals surface area contributed by atoms with E-state index in [0.717, 1.165) is 0 Å². The number of Topliss-reactive ketones (excluding diaryl/α,β-unsaturated/α-hetero) is 1. The van der Waals surface area contributed by atoms with Gasteiger partial charge in [0, 0.05) is 0 Å². The average molecular weight is 440 g/mol. The Morgan fingerprint density at radius 3 is 1.15 bits per heavy atom. The van der Waals surface area contributed by atoms with E-state index < -0.39 is 60.2 Å². The van der Waals surface area contributed by atoms with Gasteiger partial charge in [0.15, 0.2) is 0 Å². The molecule has 0 amide bonds. The minimum atomic E-state index is -8.45. The molecule has 0 unspecified atom stereocenters. The van der Waals surface area contributed by atoms with Gasteiger partial charge in [-0.1, -0.05) is 0 Å². The van der Waals surface area contributed by atoms with Gasteiger partial charge >= 0.3 is 41.7 Å². The highest BCUT2D eigenvalue weighted by molar-refractivity contribution is 5.95. The highest BCUT2D eigenvalue weighted by Gasteiger charge is 2.93. The number of aldehydes is 1. The maximum atomic E-state index is 13.1. The van der Waals surface area contributed by atoms with Crippen molar-refractivity contribution in [3.05, 3.63) is 0 Å². The lowest BCUT2D eigenvalue weighted by Crippen LogP contribution is -2.73. The van der Waals surface area contributed by atoms with Crippen LogP contribution in [0, 0.1) is 0 Å². The molecule has 0 saturated carbocycles. The van der Waals surface area contributed by atoms with Crippen LogP contribution in [0.25, 0.3) is 0 Å². The number of carbonyl (C=O) groups excluding carboxylic acids is 2. The third-order valence-corrected chi connectivity index (χ3v) is 2.95. The molecule has 2 nitrogen and oxygen atoms in total. The molecule has 0 spiro atoms. The van der Waals surface area contributed by atoms with Crippen LogP contribution in [0.5, 0.6) is 0 Å². The smallest absolute Gasteiger partial charge is 0.303 e. The normalized spacial score (nSPS) is 15.7. The molecular formula is C10H3F15O2. The van der Waals surface area contributed by atoms with E-state index in [9.17, 15) is 75.4 Å². The first kappa shape index (κ1) is 25.3. The number of alkyl halides is 15. The van der Waals surface area contributed by atoms with E-state index >= 15 is 0 Å². The van der Waals surface area contributed by atoms with Gasteiger partial charge in [-0.25, -0.2) is 0 Å². The van der Waals surface area contributed by atoms with Crippen LogP contribution in [-0.2, 0) is 9.59 Å². The number of halogens is 15. The molecule has 0 aliphatic rings. The van der Waals surface area contributed by atoms with Gasteiger partial charge in [0.05, 0.1) is 6.42 Å². The zero-order chi connectivity index (χ0) is 22.5. The van der Waals surface area contributed by atoms with E-state index in [1.54, 1.807) is 0 Å². The Kier molecular flexibility index (Phi) is 6.02. The largest absolute Gasteiger partial charge is 0.460 e. The highest BCUT2D eigenvalue weighted by Crippen LogP contribution is 2.62. The second kappa shape index (κ2) is 6.42. The molecule has 0 saturated heterocycles. The molecule has 0 aromatic heterocycles. The molecule has 0 aromatic rings. The van der Waals surface area contributed by atoms with Crippen LogP contribution in [0.2, 0.25) is 0 Å². The van der Waals surface area contributed by atoms with E-state index in [-0.39, 0.29) is 0 Å². The summed E-state index contributed by atoms with van der Waals surface area (Å²) in [6.45, 7) is 0. The zero-order valence-corrected chi connectivity index (χ0v) is 11.8. The summed E-state index contributed by atoms with van der Waals surface area (Å²) in [5, 5.41) is 0. The van der Waals surface area contributed by atoms with Crippen LogP contribution in [0.4, 0.5) is 65.9 Å². The Balaban J connectivity index is 6.55. The van der Waals surface area contributed by atoms with Crippen molar-refractivity contribution in [2.45, 2.75) is 48.1 Å². The maximum Gasteiger partial charge on any atom is 0.460 e. The van der Waals surface area contributed by atoms with Gasteiger partial charge in [-0.15, -0.1) is 0 Å². The number of hydrogen-bond donors (Lipinski definition) is 0. The molecule has 0 N–H and O–H groups in total. The summed E-state index contributed by atoms with van der Waals surface area (Å²) >= 11 is 0. The molecule has 160 valence electrons. The summed E-state index contributed by atoms with van der Waals surface area (Å²) in [6, 6.07) is 0. The summed E-state index contributed by atoms with van der Waals surface area (Å²) < 4.78 is 190. The Morgan fingerprint density at radius 1 is 0.556 bits per heavy atom. The summed E-state index contributed by atoms with van der Waals surface area (Å²) in [5.41, 5.74) is 0. The average Bonchev–Trinajstić information content (AvgIpc) is 2.45. The Labute approximate surface area is 137 Å². The van der Waals surface area contributed by atoms with E-state index in [1.165, 1.54) is 0 Å². The first-order chi connectivity index (χ1) is 11.5. The summed E-state index contributed by atoms with van der Waals surface area (Å²) in [6.07, 6.45) is -10.9. The number of ketones is 1. The first-order valence-corrected chi connectivity index (χ1v) is 5.79. The van der Waals surface area contributed by atoms with Crippen molar-refractivity contribution in [3.63, 3.8) is 0 Å². The quantitative estimate of drug-likeness (QED) is 0.316. The molecule has 0 aromatic carbocycles. The molecule has 17 heteroatoms. The second-order valence-corrected chi connectivity index (χ2v) is 4.74. The van der Waals surface area contributed by atoms with Crippen LogP contribution >= 0.6 is 0 Å². The highest BCUT2D eigenvalue weighted by atomic mass is 19.4. The number of rotatable bonds is 8. The predicted molar refractivity (Wildman–Crippen MR) is 51.4 cm³/mol. The van der Waals surface area contributed by atoms with Crippen LogP contribution in [0.15, 0.2) is 0 Å². The standard InChI is InChI=1S/C10H3F15O2/c11-4(12,3(27)1-2-26)5(13,14)6(15,16)7(17,18)8(19,20)9(21,22)10(23,24)25/h2H,1H2. The molecule has 0 atom stereocenters. The van der Waals surface area contributed by atoms with Gasteiger partial charge in [-0.3, -0.25) is 4.79 Å². The number of hydrogen-bond acceptors (Lipinski definition) is 2. The van der Waals surface area contributed by atoms with Gasteiger partial charge in [-0.05, 0) is 0 Å². The van der Waals surface area contributed by atoms with Crippen molar-refractivity contribution in [2.75, 3.05) is 0 Å². The Hall–Kier alpha value is -1.71. The molecule has 0 rings (SSSR count). The van der Waals surface area contributed by atoms with Gasteiger partial charge in [-0.2, -0.15) is 65.9 Å². The summed E-state index contributed by atoms with van der Waals surface area (Å²) in [4.78, 5) is 20.3. The third-order valence-electron chi connectivity index (χ3n) is 2.95. The van der Waals surface area contributed by atoms with Crippen molar-refractivity contribution in [3.8, 4) is 0 Å². The SMILES string of the molecule is O=CCC(=O)C(F)(F)C(F)(F)C(F)(F)C(F)(F)C(F)(F)C(F)(F)C(F)(F)F. The first-order valence-electron chi connectivity index (χ1n) is 5.79. The van der Waals surface area contributed by atoms with Crippen LogP contribution in [0.1, 0.15) is 6.42 Å². The fourth-order valence-electron chi connectivity index (χ4n) is 1.35. The molecule has 0 heterocycles. The van der Waals surface area contributed by atoms with E-state index in [0.29, 0.717) is 0 Å². The van der Waals surface area contributed by atoms with Crippen molar-refractivity contribution in [2.24, 2.45) is 0 Å². The minimum Gasteiger partial charge on any atom is -0.303 e. The monoisotopic (exact) mass is 440 g/mol. The van der Waals surface area contributed by atoms with Gasteiger partial charge < -0.3 is 4.79 Å². The zero-order valence-electron chi connectivity index (χ0n) is 11.8. The van der Waals surface area contributed by atoms with E-state index in [1.807, 2.05) is 0 Å². The van der Waals surface area contributed by atoms with Crippen molar-refractivity contribution in [1.29, 1.82) is 0 Å². The lowest BCUT2D eigenvalue weighted by atomic mass is 9.89. The number of carbonyl (C=O) groups is 2. The Morgan fingerprint density at radius 2 is 0.852 bits per heavy atom. The van der Waals surface area contributed by atoms with E-state index in [2.05, 4.69) is 0 Å². The fourth-order valence-corrected chi connectivity index (χ4v) is 1.35. The molecular weight excluding hydrogens is 437 g/mol. The van der Waals surface area contributed by atoms with Crippen molar-refractivity contribution < 1.29 is 75.4 Å². The Bertz CT molecular complexity index is 588. The molecule has 0 radical (unpaired) electrons. The fraction of sp³-hybridized carbons (Fsp3) is 0.800. The summed E-state index contributed by atoms with van der Waals surface area (Å²) in [5.74, 6) is -51.7. The van der Waals surface area contributed by atoms with Crippen LogP contribution in [0.3, 0.4) is 0 Å². The van der Waals surface area contributed by atoms with Crippen LogP contribution < -0.4 is 0 Å². The van der Waals surface area contributed by atoms with Crippen molar-refractivity contribution >= 4 is 12.1 Å². The molecule has 27 heavy (non-hydrogen) atoms. The summed E-state index contributed by atoms with van der Waals surface area (Å²) in [7, 11) is 0. The predicted octanol–water partition coefficient (Wildman–Crippen LogP) is 4.52. The van der Waals surface area contributed by atoms with Gasteiger partial charge in [0.2, 0.25) is 5.78 Å². The topological polar surface area (TPSA) is 34.1 Å². The maximum absolute atomic E-state index is 13.1. The lowest BCUT2D eigenvalue weighted by molar-refractivity contribution is -0.449. The molecule has 0 aliphatic heterocycles. The molecule has 0 fully saturated rings. The van der Waals surface area contributed by atoms with Gasteiger partial charge in [0.25, 0.3) is 0 Å².